The van der Waals surface area contributed by atoms with Crippen LogP contribution in [0.25, 0.3) is 10.9 Å². The van der Waals surface area contributed by atoms with Gasteiger partial charge in [-0.05, 0) is 12.1 Å². The van der Waals surface area contributed by atoms with Gasteiger partial charge in [0.25, 0.3) is 5.91 Å². The predicted octanol–water partition coefficient (Wildman–Crippen LogP) is 1.83. The molecule has 2 heterocycles. The van der Waals surface area contributed by atoms with Gasteiger partial charge < -0.3 is 20.0 Å². The number of amides is 1. The largest absolute Gasteiger partial charge is 0.424 e. The first-order chi connectivity index (χ1) is 13.1. The zero-order chi connectivity index (χ0) is 20.5. The summed E-state index contributed by atoms with van der Waals surface area (Å²) in [5.74, 6) is -1.42. The Labute approximate surface area is 156 Å². The highest BCUT2D eigenvalue weighted by molar-refractivity contribution is 5.97. The van der Waals surface area contributed by atoms with Gasteiger partial charge in [0.15, 0.2) is 0 Å². The van der Waals surface area contributed by atoms with E-state index in [9.17, 15) is 27.9 Å². The molecule has 0 fully saturated rings. The standard InChI is InChI=1S/C18H17F3N4O3/c1-25-9-8-23-16(25)17(28,18(19,20)21)6-7-22-15(27)12-10-24-13-5-3-2-4-11(13)14(12)26/h2-5,8-10,28H,6-7H2,1H3,(H,22,27)(H,24,26). The van der Waals surface area contributed by atoms with Crippen LogP contribution in [0.1, 0.15) is 22.6 Å². The number of aryl methyl sites for hydroxylation is 1. The third-order valence-corrected chi connectivity index (χ3v) is 4.47. The number of pyridine rings is 1. The van der Waals surface area contributed by atoms with Crippen LogP contribution >= 0.6 is 0 Å². The number of carbonyl (C=O) groups excluding carboxylic acids is 1. The molecular weight excluding hydrogens is 377 g/mol. The van der Waals surface area contributed by atoms with Gasteiger partial charge in [0.05, 0.1) is 0 Å². The monoisotopic (exact) mass is 394 g/mol. The van der Waals surface area contributed by atoms with Gasteiger partial charge in [-0.15, -0.1) is 0 Å². The minimum absolute atomic E-state index is 0.230. The minimum Gasteiger partial charge on any atom is -0.374 e. The molecule has 3 N–H and O–H groups in total. The number of para-hydroxylation sites is 1. The third kappa shape index (κ3) is 3.38. The zero-order valence-electron chi connectivity index (χ0n) is 14.7. The lowest BCUT2D eigenvalue weighted by Crippen LogP contribution is -2.46. The van der Waals surface area contributed by atoms with Crippen LogP contribution in [0.3, 0.4) is 0 Å². The van der Waals surface area contributed by atoms with E-state index < -0.39 is 41.9 Å². The number of carbonyl (C=O) groups is 1. The van der Waals surface area contributed by atoms with E-state index in [2.05, 4.69) is 15.3 Å². The fourth-order valence-corrected chi connectivity index (χ4v) is 2.93. The van der Waals surface area contributed by atoms with Crippen molar-refractivity contribution in [3.05, 3.63) is 64.5 Å². The lowest BCUT2D eigenvalue weighted by Gasteiger charge is -2.29. The maximum Gasteiger partial charge on any atom is 0.424 e. The second kappa shape index (κ2) is 7.12. The maximum absolute atomic E-state index is 13.5. The van der Waals surface area contributed by atoms with Crippen LogP contribution in [0.2, 0.25) is 0 Å². The number of aromatic nitrogens is 3. The van der Waals surface area contributed by atoms with Gasteiger partial charge in [-0.3, -0.25) is 9.59 Å². The molecule has 0 radical (unpaired) electrons. The Balaban J connectivity index is 1.78. The van der Waals surface area contributed by atoms with Crippen molar-refractivity contribution in [1.82, 2.24) is 19.9 Å². The summed E-state index contributed by atoms with van der Waals surface area (Å²) in [6.07, 6.45) is -2.25. The van der Waals surface area contributed by atoms with Crippen LogP contribution in [-0.4, -0.2) is 38.3 Å². The molecule has 1 aromatic carbocycles. The first kappa shape index (κ1) is 19.6. The number of aromatic amines is 1. The van der Waals surface area contributed by atoms with Crippen LogP contribution in [-0.2, 0) is 12.6 Å². The van der Waals surface area contributed by atoms with Gasteiger partial charge >= 0.3 is 6.18 Å². The molecular formula is C18H17F3N4O3. The molecule has 0 aliphatic heterocycles. The number of hydrogen-bond donors (Lipinski definition) is 3. The van der Waals surface area contributed by atoms with Gasteiger partial charge in [-0.2, -0.15) is 13.2 Å². The molecule has 148 valence electrons. The first-order valence-corrected chi connectivity index (χ1v) is 8.30. The highest BCUT2D eigenvalue weighted by Crippen LogP contribution is 2.40. The number of aliphatic hydroxyl groups is 1. The number of nitrogens with one attached hydrogen (secondary N) is 2. The number of imidazole rings is 1. The van der Waals surface area contributed by atoms with Crippen LogP contribution in [0.4, 0.5) is 13.2 Å². The molecule has 3 aromatic rings. The van der Waals surface area contributed by atoms with Crippen molar-refractivity contribution in [2.75, 3.05) is 6.54 Å². The van der Waals surface area contributed by atoms with E-state index in [1.54, 1.807) is 18.2 Å². The molecule has 1 atom stereocenters. The second-order valence-corrected chi connectivity index (χ2v) is 6.30. The third-order valence-electron chi connectivity index (χ3n) is 4.47. The number of fused-ring (bicyclic) bond motifs is 1. The van der Waals surface area contributed by atoms with E-state index in [4.69, 9.17) is 0 Å². The van der Waals surface area contributed by atoms with Crippen molar-refractivity contribution >= 4 is 16.8 Å². The van der Waals surface area contributed by atoms with Gasteiger partial charge in [0.2, 0.25) is 11.0 Å². The molecule has 0 saturated heterocycles. The summed E-state index contributed by atoms with van der Waals surface area (Å²) < 4.78 is 41.4. The fourth-order valence-electron chi connectivity index (χ4n) is 2.93. The molecule has 3 rings (SSSR count). The summed E-state index contributed by atoms with van der Waals surface area (Å²) in [7, 11) is 1.33. The number of halogens is 3. The number of alkyl halides is 3. The van der Waals surface area contributed by atoms with E-state index in [0.29, 0.717) is 5.52 Å². The van der Waals surface area contributed by atoms with Crippen LogP contribution < -0.4 is 10.7 Å². The zero-order valence-corrected chi connectivity index (χ0v) is 14.7. The number of benzene rings is 1. The van der Waals surface area contributed by atoms with Crippen molar-refractivity contribution in [1.29, 1.82) is 0 Å². The molecule has 0 aliphatic carbocycles. The van der Waals surface area contributed by atoms with E-state index in [1.807, 2.05) is 0 Å². The predicted molar refractivity (Wildman–Crippen MR) is 94.7 cm³/mol. The van der Waals surface area contributed by atoms with E-state index in [1.165, 1.54) is 25.5 Å². The summed E-state index contributed by atoms with van der Waals surface area (Å²) in [5.41, 5.74) is -3.48. The molecule has 1 unspecified atom stereocenters. The Kier molecular flexibility index (Phi) is 4.99. The van der Waals surface area contributed by atoms with Crippen LogP contribution in [0.5, 0.6) is 0 Å². The summed E-state index contributed by atoms with van der Waals surface area (Å²) in [5, 5.41) is 12.8. The number of rotatable bonds is 5. The van der Waals surface area contributed by atoms with E-state index in [0.717, 1.165) is 10.8 Å². The fraction of sp³-hybridized carbons (Fsp3) is 0.278. The maximum atomic E-state index is 13.5. The van der Waals surface area contributed by atoms with Crippen molar-refractivity contribution in [2.24, 2.45) is 7.05 Å². The summed E-state index contributed by atoms with van der Waals surface area (Å²) in [4.78, 5) is 31.1. The molecule has 7 nitrogen and oxygen atoms in total. The van der Waals surface area contributed by atoms with E-state index >= 15 is 0 Å². The quantitative estimate of drug-likeness (QED) is 0.615. The average Bonchev–Trinajstić information content (AvgIpc) is 3.07. The number of H-pyrrole nitrogens is 1. The van der Waals surface area contributed by atoms with Gasteiger partial charge in [-0.25, -0.2) is 4.98 Å². The Morgan fingerprint density at radius 2 is 2.04 bits per heavy atom. The van der Waals surface area contributed by atoms with Crippen molar-refractivity contribution in [2.45, 2.75) is 18.2 Å². The summed E-state index contributed by atoms with van der Waals surface area (Å²) >= 11 is 0. The molecule has 0 spiro atoms. The lowest BCUT2D eigenvalue weighted by molar-refractivity contribution is -0.272. The van der Waals surface area contributed by atoms with Crippen molar-refractivity contribution in [3.8, 4) is 0 Å². The molecule has 0 bridgehead atoms. The second-order valence-electron chi connectivity index (χ2n) is 6.30. The smallest absolute Gasteiger partial charge is 0.374 e. The average molecular weight is 394 g/mol. The molecule has 0 saturated carbocycles. The van der Waals surface area contributed by atoms with Gasteiger partial charge in [-0.1, -0.05) is 12.1 Å². The normalized spacial score (nSPS) is 14.0. The molecule has 0 aliphatic rings. The Hall–Kier alpha value is -3.14. The minimum atomic E-state index is -5.00. The highest BCUT2D eigenvalue weighted by atomic mass is 19.4. The SMILES string of the molecule is Cn1ccnc1C(O)(CCNC(=O)c1c[nH]c2ccccc2c1=O)C(F)(F)F. The first-order valence-electron chi connectivity index (χ1n) is 8.30. The molecule has 1 amide bonds. The van der Waals surface area contributed by atoms with Crippen molar-refractivity contribution in [3.63, 3.8) is 0 Å². The van der Waals surface area contributed by atoms with Crippen LogP contribution in [0, 0.1) is 0 Å². The van der Waals surface area contributed by atoms with E-state index in [-0.39, 0.29) is 10.9 Å². The topological polar surface area (TPSA) is 100 Å². The Morgan fingerprint density at radius 1 is 1.32 bits per heavy atom. The van der Waals surface area contributed by atoms with Crippen molar-refractivity contribution < 1.29 is 23.1 Å². The Bertz CT molecular complexity index is 1070. The number of hydrogen-bond acceptors (Lipinski definition) is 4. The van der Waals surface area contributed by atoms with Crippen LogP contribution in [0.15, 0.2) is 47.7 Å². The number of nitrogens with zero attached hydrogens (tertiary/aromatic N) is 2. The summed E-state index contributed by atoms with van der Waals surface area (Å²) in [6.45, 7) is -0.520. The summed E-state index contributed by atoms with van der Waals surface area (Å²) in [6, 6.07) is 6.55. The molecule has 2 aromatic heterocycles. The Morgan fingerprint density at radius 3 is 2.68 bits per heavy atom. The molecule has 28 heavy (non-hydrogen) atoms. The van der Waals surface area contributed by atoms with Gasteiger partial charge in [0, 0.05) is 49.5 Å². The highest BCUT2D eigenvalue weighted by Gasteiger charge is 2.57. The van der Waals surface area contributed by atoms with Gasteiger partial charge in [0.1, 0.15) is 11.4 Å². The lowest BCUT2D eigenvalue weighted by atomic mass is 9.97. The molecule has 10 heteroatoms.